The average molecular weight is 224 g/mol. The highest BCUT2D eigenvalue weighted by atomic mass is 16.5. The molecule has 3 atom stereocenters. The van der Waals surface area contributed by atoms with E-state index in [1.54, 1.807) is 0 Å². The van der Waals surface area contributed by atoms with Crippen LogP contribution in [0.3, 0.4) is 0 Å². The lowest BCUT2D eigenvalue weighted by molar-refractivity contribution is -0.127. The van der Waals surface area contributed by atoms with Gasteiger partial charge in [-0.25, -0.2) is 0 Å². The first kappa shape index (κ1) is 10.5. The smallest absolute Gasteiger partial charge is 0.237 e. The lowest BCUT2D eigenvalue weighted by Crippen LogP contribution is -2.53. The Bertz CT molecular complexity index is 264. The number of nitrogens with one attached hydrogen (secondary N) is 2. The van der Waals surface area contributed by atoms with E-state index in [2.05, 4.69) is 10.6 Å². The minimum Gasteiger partial charge on any atom is -0.377 e. The van der Waals surface area contributed by atoms with Gasteiger partial charge in [-0.05, 0) is 25.2 Å². The van der Waals surface area contributed by atoms with E-state index in [0.29, 0.717) is 19.3 Å². The van der Waals surface area contributed by atoms with E-state index in [1.165, 1.54) is 25.7 Å². The van der Waals surface area contributed by atoms with Gasteiger partial charge in [0.05, 0.1) is 25.3 Å². The molecule has 3 unspecified atom stereocenters. The summed E-state index contributed by atoms with van der Waals surface area (Å²) in [5.74, 6) is 0.921. The van der Waals surface area contributed by atoms with E-state index in [1.807, 2.05) is 0 Å². The van der Waals surface area contributed by atoms with Crippen molar-refractivity contribution in [3.05, 3.63) is 0 Å². The molecular formula is C12H20N2O2. The predicted octanol–water partition coefficient (Wildman–Crippen LogP) is 0.422. The summed E-state index contributed by atoms with van der Waals surface area (Å²) in [6, 6.07) is 0.910. The summed E-state index contributed by atoms with van der Waals surface area (Å²) < 4.78 is 5.06. The molecule has 0 bridgehead atoms. The highest BCUT2D eigenvalue weighted by molar-refractivity contribution is 5.82. The van der Waals surface area contributed by atoms with Crippen LogP contribution in [0.5, 0.6) is 0 Å². The molecule has 3 fully saturated rings. The van der Waals surface area contributed by atoms with E-state index < -0.39 is 0 Å². The molecule has 3 aliphatic rings. The Morgan fingerprint density at radius 2 is 2.06 bits per heavy atom. The maximum absolute atomic E-state index is 12.0. The van der Waals surface area contributed by atoms with Gasteiger partial charge in [-0.2, -0.15) is 0 Å². The van der Waals surface area contributed by atoms with E-state index in [0.717, 1.165) is 12.3 Å². The van der Waals surface area contributed by atoms with Crippen molar-refractivity contribution in [2.24, 2.45) is 5.92 Å². The van der Waals surface area contributed by atoms with Crippen molar-refractivity contribution in [3.63, 3.8) is 0 Å². The second-order valence-electron chi connectivity index (χ2n) is 5.35. The zero-order chi connectivity index (χ0) is 11.0. The van der Waals surface area contributed by atoms with Crippen LogP contribution in [0.15, 0.2) is 0 Å². The van der Waals surface area contributed by atoms with Gasteiger partial charge in [-0.15, -0.1) is 0 Å². The van der Waals surface area contributed by atoms with Crippen LogP contribution in [-0.2, 0) is 9.53 Å². The number of amides is 1. The Kier molecular flexibility index (Phi) is 2.86. The number of carbonyl (C=O) groups is 1. The van der Waals surface area contributed by atoms with Crippen molar-refractivity contribution in [3.8, 4) is 0 Å². The quantitative estimate of drug-likeness (QED) is 0.715. The molecule has 1 amide bonds. The zero-order valence-electron chi connectivity index (χ0n) is 9.58. The topological polar surface area (TPSA) is 50.4 Å². The van der Waals surface area contributed by atoms with Crippen LogP contribution in [0.25, 0.3) is 0 Å². The number of carbonyl (C=O) groups excluding carboxylic acids is 1. The van der Waals surface area contributed by atoms with Gasteiger partial charge in [0.25, 0.3) is 0 Å². The van der Waals surface area contributed by atoms with E-state index in [9.17, 15) is 4.79 Å². The van der Waals surface area contributed by atoms with Crippen molar-refractivity contribution in [1.82, 2.24) is 10.6 Å². The van der Waals surface area contributed by atoms with E-state index in [4.69, 9.17) is 4.74 Å². The molecule has 0 aromatic heterocycles. The molecule has 2 N–H and O–H groups in total. The van der Waals surface area contributed by atoms with Gasteiger partial charge in [0, 0.05) is 6.04 Å². The molecule has 1 saturated carbocycles. The van der Waals surface area contributed by atoms with Crippen molar-refractivity contribution in [2.45, 2.75) is 50.2 Å². The van der Waals surface area contributed by atoms with Gasteiger partial charge >= 0.3 is 0 Å². The zero-order valence-corrected chi connectivity index (χ0v) is 9.58. The van der Waals surface area contributed by atoms with Crippen molar-refractivity contribution in [2.75, 3.05) is 13.2 Å². The summed E-state index contributed by atoms with van der Waals surface area (Å²) in [5, 5.41) is 6.53. The second kappa shape index (κ2) is 4.34. The summed E-state index contributed by atoms with van der Waals surface area (Å²) >= 11 is 0. The molecular weight excluding hydrogens is 204 g/mol. The largest absolute Gasteiger partial charge is 0.377 e. The molecule has 2 saturated heterocycles. The van der Waals surface area contributed by atoms with Gasteiger partial charge in [0.15, 0.2) is 0 Å². The van der Waals surface area contributed by atoms with Crippen molar-refractivity contribution >= 4 is 5.91 Å². The SMILES string of the molecule is O=C(NC1COC1)C1CC2CCCCC2N1. The van der Waals surface area contributed by atoms with Crippen LogP contribution in [-0.4, -0.2) is 37.2 Å². The number of fused-ring (bicyclic) bond motifs is 1. The Morgan fingerprint density at radius 3 is 2.75 bits per heavy atom. The minimum atomic E-state index is 0.0497. The van der Waals surface area contributed by atoms with Crippen LogP contribution in [0.4, 0.5) is 0 Å². The molecule has 2 aliphatic heterocycles. The maximum atomic E-state index is 12.0. The average Bonchev–Trinajstić information content (AvgIpc) is 2.66. The third-order valence-corrected chi connectivity index (χ3v) is 4.16. The molecule has 4 nitrogen and oxygen atoms in total. The van der Waals surface area contributed by atoms with E-state index >= 15 is 0 Å². The lowest BCUT2D eigenvalue weighted by atomic mass is 9.85. The molecule has 0 radical (unpaired) electrons. The molecule has 16 heavy (non-hydrogen) atoms. The van der Waals surface area contributed by atoms with Crippen LogP contribution >= 0.6 is 0 Å². The fraction of sp³-hybridized carbons (Fsp3) is 0.917. The monoisotopic (exact) mass is 224 g/mol. The van der Waals surface area contributed by atoms with Gasteiger partial charge in [0.2, 0.25) is 5.91 Å². The first-order chi connectivity index (χ1) is 7.83. The standard InChI is InChI=1S/C12H20N2O2/c15-12(13-9-6-16-7-9)11-5-8-3-1-2-4-10(8)14-11/h8-11,14H,1-7H2,(H,13,15). The Balaban J connectivity index is 1.53. The van der Waals surface area contributed by atoms with Crippen LogP contribution in [0, 0.1) is 5.92 Å². The second-order valence-corrected chi connectivity index (χ2v) is 5.35. The summed E-state index contributed by atoms with van der Waals surface area (Å²) in [5.41, 5.74) is 0. The number of hydrogen-bond donors (Lipinski definition) is 2. The summed E-state index contributed by atoms with van der Waals surface area (Å²) in [6.07, 6.45) is 6.24. The van der Waals surface area contributed by atoms with Gasteiger partial charge in [-0.3, -0.25) is 4.79 Å². The third kappa shape index (κ3) is 1.96. The van der Waals surface area contributed by atoms with Gasteiger partial charge in [0.1, 0.15) is 0 Å². The fourth-order valence-electron chi connectivity index (χ4n) is 3.14. The summed E-state index contributed by atoms with van der Waals surface area (Å²) in [7, 11) is 0. The van der Waals surface area contributed by atoms with Crippen molar-refractivity contribution in [1.29, 1.82) is 0 Å². The van der Waals surface area contributed by atoms with E-state index in [-0.39, 0.29) is 18.0 Å². The molecule has 3 rings (SSSR count). The Hall–Kier alpha value is -0.610. The first-order valence-electron chi connectivity index (χ1n) is 6.47. The third-order valence-electron chi connectivity index (χ3n) is 4.16. The molecule has 0 spiro atoms. The molecule has 2 heterocycles. The highest BCUT2D eigenvalue weighted by Crippen LogP contribution is 2.33. The van der Waals surface area contributed by atoms with Crippen LogP contribution in [0.1, 0.15) is 32.1 Å². The van der Waals surface area contributed by atoms with Gasteiger partial charge in [-0.1, -0.05) is 12.8 Å². The number of rotatable bonds is 2. The minimum absolute atomic E-state index is 0.0497. The molecule has 0 aromatic rings. The Morgan fingerprint density at radius 1 is 1.25 bits per heavy atom. The van der Waals surface area contributed by atoms with Gasteiger partial charge < -0.3 is 15.4 Å². The maximum Gasteiger partial charge on any atom is 0.237 e. The fourth-order valence-corrected chi connectivity index (χ4v) is 3.14. The molecule has 4 heteroatoms. The van der Waals surface area contributed by atoms with Crippen LogP contribution in [0.2, 0.25) is 0 Å². The molecule has 0 aromatic carbocycles. The normalized spacial score (nSPS) is 38.9. The number of hydrogen-bond acceptors (Lipinski definition) is 3. The predicted molar refractivity (Wildman–Crippen MR) is 60.0 cm³/mol. The number of ether oxygens (including phenoxy) is 1. The molecule has 90 valence electrons. The lowest BCUT2D eigenvalue weighted by Gasteiger charge is -2.28. The summed E-state index contributed by atoms with van der Waals surface area (Å²) in [4.78, 5) is 12.0. The van der Waals surface area contributed by atoms with Crippen LogP contribution < -0.4 is 10.6 Å². The highest BCUT2D eigenvalue weighted by Gasteiger charge is 2.38. The summed E-state index contributed by atoms with van der Waals surface area (Å²) in [6.45, 7) is 1.37. The van der Waals surface area contributed by atoms with Crippen molar-refractivity contribution < 1.29 is 9.53 Å². The Labute approximate surface area is 96.1 Å². The molecule has 1 aliphatic carbocycles. The first-order valence-corrected chi connectivity index (χ1v) is 6.47.